The van der Waals surface area contributed by atoms with E-state index in [2.05, 4.69) is 4.98 Å². The van der Waals surface area contributed by atoms with Gasteiger partial charge in [-0.05, 0) is 12.8 Å². The molecule has 2 atom stereocenters. The molecule has 2 aliphatic rings. The predicted octanol–water partition coefficient (Wildman–Crippen LogP) is 0.379. The Labute approximate surface area is 124 Å². The highest BCUT2D eigenvalue weighted by Crippen LogP contribution is 2.37. The van der Waals surface area contributed by atoms with Crippen molar-refractivity contribution in [3.8, 4) is 0 Å². The highest BCUT2D eigenvalue weighted by Gasteiger charge is 2.46. The molecule has 0 saturated carbocycles. The van der Waals surface area contributed by atoms with Gasteiger partial charge in [-0.1, -0.05) is 0 Å². The Balaban J connectivity index is 1.80. The van der Waals surface area contributed by atoms with Gasteiger partial charge in [0, 0.05) is 39.9 Å². The van der Waals surface area contributed by atoms with Crippen molar-refractivity contribution in [3.63, 3.8) is 0 Å². The maximum Gasteiger partial charge on any atom is 0.262 e. The van der Waals surface area contributed by atoms with Gasteiger partial charge < -0.3 is 14.0 Å². The third kappa shape index (κ3) is 2.73. The van der Waals surface area contributed by atoms with Crippen LogP contribution < -0.4 is 0 Å². The van der Waals surface area contributed by atoms with Crippen molar-refractivity contribution in [1.29, 1.82) is 0 Å². The van der Waals surface area contributed by atoms with Gasteiger partial charge in [0.25, 0.3) is 10.0 Å². The number of ether oxygens (including phenoxy) is 2. The number of methoxy groups -OCH3 is 1. The quantitative estimate of drug-likeness (QED) is 0.806. The van der Waals surface area contributed by atoms with Crippen LogP contribution in [-0.2, 0) is 26.5 Å². The third-order valence-electron chi connectivity index (χ3n) is 4.30. The molecule has 8 heteroatoms. The fourth-order valence-electron chi connectivity index (χ4n) is 3.15. The van der Waals surface area contributed by atoms with Gasteiger partial charge in [-0.2, -0.15) is 4.31 Å². The first-order chi connectivity index (χ1) is 9.95. The van der Waals surface area contributed by atoms with Gasteiger partial charge in [-0.3, -0.25) is 0 Å². The van der Waals surface area contributed by atoms with Gasteiger partial charge in [-0.25, -0.2) is 13.4 Å². The van der Waals surface area contributed by atoms with Crippen LogP contribution >= 0.6 is 0 Å². The van der Waals surface area contributed by atoms with Crippen molar-refractivity contribution < 1.29 is 17.9 Å². The topological polar surface area (TPSA) is 73.7 Å². The van der Waals surface area contributed by atoms with E-state index >= 15 is 0 Å². The average Bonchev–Trinajstić information content (AvgIpc) is 3.06. The van der Waals surface area contributed by atoms with E-state index in [-0.39, 0.29) is 11.1 Å². The summed E-state index contributed by atoms with van der Waals surface area (Å²) in [5.41, 5.74) is -0.402. The molecule has 0 N–H and O–H groups in total. The third-order valence-corrected chi connectivity index (χ3v) is 6.03. The first-order valence-electron chi connectivity index (χ1n) is 7.10. The minimum absolute atomic E-state index is 0.0579. The molecular formula is C13H21N3O4S. The number of rotatable bonds is 3. The largest absolute Gasteiger partial charge is 0.379 e. The SMILES string of the molecule is CO[C@H]1CO[C@@]2(CCCN(S(=O)(=O)c3cn(C)cn3)C2)C1. The molecule has 1 spiro atoms. The smallest absolute Gasteiger partial charge is 0.262 e. The second-order valence-electron chi connectivity index (χ2n) is 5.88. The molecule has 1 aromatic heterocycles. The van der Waals surface area contributed by atoms with Gasteiger partial charge in [0.05, 0.1) is 24.6 Å². The highest BCUT2D eigenvalue weighted by molar-refractivity contribution is 7.89. The van der Waals surface area contributed by atoms with Gasteiger partial charge >= 0.3 is 0 Å². The second-order valence-corrected chi connectivity index (χ2v) is 7.76. The van der Waals surface area contributed by atoms with Gasteiger partial charge in [0.15, 0.2) is 5.03 Å². The van der Waals surface area contributed by atoms with E-state index in [4.69, 9.17) is 9.47 Å². The van der Waals surface area contributed by atoms with Crippen LogP contribution in [0.4, 0.5) is 0 Å². The molecule has 7 nitrogen and oxygen atoms in total. The van der Waals surface area contributed by atoms with Crippen molar-refractivity contribution in [2.24, 2.45) is 7.05 Å². The molecule has 2 fully saturated rings. The van der Waals surface area contributed by atoms with Crippen LogP contribution in [0.2, 0.25) is 0 Å². The Morgan fingerprint density at radius 3 is 2.95 bits per heavy atom. The Hall–Kier alpha value is -0.960. The van der Waals surface area contributed by atoms with E-state index in [9.17, 15) is 8.42 Å². The fourth-order valence-corrected chi connectivity index (χ4v) is 4.67. The molecule has 0 aromatic carbocycles. The second kappa shape index (κ2) is 5.35. The molecular weight excluding hydrogens is 294 g/mol. The van der Waals surface area contributed by atoms with Crippen LogP contribution in [0.3, 0.4) is 0 Å². The van der Waals surface area contributed by atoms with Crippen LogP contribution in [0.25, 0.3) is 0 Å². The summed E-state index contributed by atoms with van der Waals surface area (Å²) in [5, 5.41) is 0.100. The number of nitrogens with zero attached hydrogens (tertiary/aromatic N) is 3. The van der Waals surface area contributed by atoms with Crippen molar-refractivity contribution >= 4 is 10.0 Å². The maximum atomic E-state index is 12.7. The van der Waals surface area contributed by atoms with E-state index < -0.39 is 15.6 Å². The summed E-state index contributed by atoms with van der Waals surface area (Å²) in [6, 6.07) is 0. The molecule has 2 aliphatic heterocycles. The summed E-state index contributed by atoms with van der Waals surface area (Å²) >= 11 is 0. The molecule has 0 amide bonds. The minimum Gasteiger partial charge on any atom is -0.379 e. The van der Waals surface area contributed by atoms with Crippen molar-refractivity contribution in [2.75, 3.05) is 26.8 Å². The van der Waals surface area contributed by atoms with Gasteiger partial charge in [0.1, 0.15) is 0 Å². The molecule has 118 valence electrons. The summed E-state index contributed by atoms with van der Waals surface area (Å²) in [6.07, 6.45) is 5.51. The number of sulfonamides is 1. The number of hydrogen-bond acceptors (Lipinski definition) is 5. The normalized spacial score (nSPS) is 31.0. The number of aromatic nitrogens is 2. The minimum atomic E-state index is -3.55. The lowest BCUT2D eigenvalue weighted by molar-refractivity contribution is -0.0347. The summed E-state index contributed by atoms with van der Waals surface area (Å²) in [4.78, 5) is 3.98. The van der Waals surface area contributed by atoms with Crippen LogP contribution in [0.5, 0.6) is 0 Å². The number of aryl methyl sites for hydroxylation is 1. The summed E-state index contributed by atoms with van der Waals surface area (Å²) in [5.74, 6) is 0. The molecule has 0 unspecified atom stereocenters. The molecule has 3 heterocycles. The number of imidazole rings is 1. The fraction of sp³-hybridized carbons (Fsp3) is 0.769. The van der Waals surface area contributed by atoms with Crippen molar-refractivity contribution in [1.82, 2.24) is 13.9 Å². The predicted molar refractivity (Wildman–Crippen MR) is 75.3 cm³/mol. The molecule has 21 heavy (non-hydrogen) atoms. The standard InChI is InChI=1S/C13H21N3O4S/c1-15-7-12(14-10-15)21(17,18)16-5-3-4-13(9-16)6-11(19-2)8-20-13/h7,10-11H,3-6,8-9H2,1-2H3/t11-,13+/m1/s1. The molecule has 0 radical (unpaired) electrons. The number of hydrogen-bond donors (Lipinski definition) is 0. The molecule has 0 bridgehead atoms. The highest BCUT2D eigenvalue weighted by atomic mass is 32.2. The molecule has 1 aromatic rings. The van der Waals surface area contributed by atoms with Gasteiger partial charge in [-0.15, -0.1) is 0 Å². The first kappa shape index (κ1) is 15.0. The van der Waals surface area contributed by atoms with Crippen LogP contribution in [0.1, 0.15) is 19.3 Å². The lowest BCUT2D eigenvalue weighted by Gasteiger charge is -2.38. The van der Waals surface area contributed by atoms with Crippen LogP contribution in [0.15, 0.2) is 17.6 Å². The lowest BCUT2D eigenvalue weighted by Crippen LogP contribution is -2.50. The Morgan fingerprint density at radius 1 is 1.52 bits per heavy atom. The van der Waals surface area contributed by atoms with E-state index in [1.807, 2.05) is 0 Å². The zero-order chi connectivity index (χ0) is 15.1. The monoisotopic (exact) mass is 315 g/mol. The van der Waals surface area contributed by atoms with E-state index in [0.29, 0.717) is 19.7 Å². The lowest BCUT2D eigenvalue weighted by atomic mass is 9.90. The molecule has 0 aliphatic carbocycles. The van der Waals surface area contributed by atoms with Crippen molar-refractivity contribution in [3.05, 3.63) is 12.5 Å². The first-order valence-corrected chi connectivity index (χ1v) is 8.54. The summed E-state index contributed by atoms with van der Waals surface area (Å²) < 4.78 is 39.7. The summed E-state index contributed by atoms with van der Waals surface area (Å²) in [7, 11) is -0.126. The van der Waals surface area contributed by atoms with Crippen LogP contribution in [0, 0.1) is 0 Å². The summed E-state index contributed by atoms with van der Waals surface area (Å²) in [6.45, 7) is 1.43. The van der Waals surface area contributed by atoms with Crippen molar-refractivity contribution in [2.45, 2.75) is 36.0 Å². The van der Waals surface area contributed by atoms with E-state index in [0.717, 1.165) is 19.3 Å². The number of piperidine rings is 1. The van der Waals surface area contributed by atoms with E-state index in [1.54, 1.807) is 18.7 Å². The Kier molecular flexibility index (Phi) is 3.81. The zero-order valence-electron chi connectivity index (χ0n) is 12.4. The Morgan fingerprint density at radius 2 is 2.33 bits per heavy atom. The van der Waals surface area contributed by atoms with Crippen LogP contribution in [-0.4, -0.2) is 60.8 Å². The Bertz CT molecular complexity index is 615. The zero-order valence-corrected chi connectivity index (χ0v) is 13.2. The molecule has 3 rings (SSSR count). The van der Waals surface area contributed by atoms with Gasteiger partial charge in [0.2, 0.25) is 0 Å². The molecule has 2 saturated heterocycles. The average molecular weight is 315 g/mol. The van der Waals surface area contributed by atoms with E-state index in [1.165, 1.54) is 16.8 Å². The maximum absolute atomic E-state index is 12.7.